The first-order chi connectivity index (χ1) is 13.9. The van der Waals surface area contributed by atoms with E-state index in [2.05, 4.69) is 10.3 Å². The quantitative estimate of drug-likeness (QED) is 0.514. The molecule has 0 radical (unpaired) electrons. The molecule has 9 heteroatoms. The summed E-state index contributed by atoms with van der Waals surface area (Å²) in [7, 11) is 0. The number of hydrogen-bond donors (Lipinski definition) is 2. The molecule has 29 heavy (non-hydrogen) atoms. The molecule has 3 rings (SSSR count). The lowest BCUT2D eigenvalue weighted by molar-refractivity contribution is -0.122. The van der Waals surface area contributed by atoms with Crippen molar-refractivity contribution >= 4 is 51.7 Å². The van der Waals surface area contributed by atoms with E-state index in [4.69, 9.17) is 12.2 Å². The van der Waals surface area contributed by atoms with E-state index < -0.39 is 0 Å². The molecule has 7 nitrogen and oxygen atoms in total. The largest absolute Gasteiger partial charge is 0.394 e. The third-order valence-corrected chi connectivity index (χ3v) is 6.11. The molecule has 1 aliphatic rings. The van der Waals surface area contributed by atoms with Gasteiger partial charge in [-0.05, 0) is 37.5 Å². The van der Waals surface area contributed by atoms with Crippen molar-refractivity contribution in [3.05, 3.63) is 44.7 Å². The second-order valence-corrected chi connectivity index (χ2v) is 8.51. The van der Waals surface area contributed by atoms with Crippen LogP contribution in [-0.2, 0) is 4.79 Å². The van der Waals surface area contributed by atoms with E-state index in [9.17, 15) is 14.7 Å². The van der Waals surface area contributed by atoms with Gasteiger partial charge in [0.1, 0.15) is 15.8 Å². The third-order valence-electron chi connectivity index (χ3n) is 4.73. The molecular formula is C20H24N4O3S2. The molecule has 0 aliphatic carbocycles. The van der Waals surface area contributed by atoms with Gasteiger partial charge in [0.25, 0.3) is 11.5 Å². The number of thioether (sulfide) groups is 1. The highest BCUT2D eigenvalue weighted by molar-refractivity contribution is 8.26. The number of nitrogens with one attached hydrogen (secondary N) is 1. The van der Waals surface area contributed by atoms with E-state index in [1.165, 1.54) is 16.2 Å². The minimum atomic E-state index is -0.283. The normalized spacial score (nSPS) is 16.8. The van der Waals surface area contributed by atoms with Crippen molar-refractivity contribution in [1.82, 2.24) is 14.3 Å². The molecule has 2 N–H and O–H groups in total. The van der Waals surface area contributed by atoms with Crippen LogP contribution in [0.15, 0.2) is 28.0 Å². The molecule has 1 atom stereocenters. The Balaban J connectivity index is 2.17. The first-order valence-electron chi connectivity index (χ1n) is 9.55. The molecule has 1 fully saturated rings. The molecule has 0 saturated carbocycles. The fraction of sp³-hybridized carbons (Fsp3) is 0.400. The standard InChI is InChI=1S/C20H24N4O3S2/c1-4-8-24-19(27)15(29-20(24)28)10-14-16(21-13(5-2)11-25)22-17-12(3)7-6-9-23(17)18(14)26/h6-7,9-10,13,21,25H,4-5,8,11H2,1-3H3/b15-10+/t13-/m1/s1. The van der Waals surface area contributed by atoms with E-state index in [0.29, 0.717) is 33.7 Å². The predicted molar refractivity (Wildman–Crippen MR) is 121 cm³/mol. The predicted octanol–water partition coefficient (Wildman–Crippen LogP) is 2.80. The van der Waals surface area contributed by atoms with E-state index in [1.807, 2.05) is 26.8 Å². The Bertz CT molecular complexity index is 1040. The number of aryl methyl sites for hydroxylation is 1. The Morgan fingerprint density at radius 3 is 2.79 bits per heavy atom. The highest BCUT2D eigenvalue weighted by Crippen LogP contribution is 2.33. The lowest BCUT2D eigenvalue weighted by Gasteiger charge is -2.17. The number of aliphatic hydroxyl groups excluding tert-OH is 1. The molecule has 0 aromatic carbocycles. The Kier molecular flexibility index (Phi) is 6.71. The summed E-state index contributed by atoms with van der Waals surface area (Å²) in [4.78, 5) is 32.6. The average molecular weight is 433 g/mol. The lowest BCUT2D eigenvalue weighted by Crippen LogP contribution is -2.29. The molecule has 2 aromatic rings. The van der Waals surface area contributed by atoms with Crippen molar-refractivity contribution in [3.8, 4) is 0 Å². The lowest BCUT2D eigenvalue weighted by atomic mass is 10.2. The van der Waals surface area contributed by atoms with Crippen LogP contribution < -0.4 is 10.9 Å². The molecule has 1 saturated heterocycles. The fourth-order valence-corrected chi connectivity index (χ4v) is 4.36. The number of amides is 1. The number of aliphatic hydroxyl groups is 1. The number of carbonyl (C=O) groups excluding carboxylic acids is 1. The number of thiocarbonyl (C=S) groups is 1. The van der Waals surface area contributed by atoms with E-state index in [1.54, 1.807) is 23.2 Å². The highest BCUT2D eigenvalue weighted by Gasteiger charge is 2.32. The number of nitrogens with zero attached hydrogens (tertiary/aromatic N) is 3. The summed E-state index contributed by atoms with van der Waals surface area (Å²) in [5, 5.41) is 12.8. The van der Waals surface area contributed by atoms with Crippen LogP contribution in [0.25, 0.3) is 11.7 Å². The molecule has 0 unspecified atom stereocenters. The topological polar surface area (TPSA) is 86.9 Å². The van der Waals surface area contributed by atoms with Crippen LogP contribution in [-0.4, -0.2) is 48.8 Å². The summed E-state index contributed by atoms with van der Waals surface area (Å²) in [6.07, 6.45) is 4.67. The average Bonchev–Trinajstić information content (AvgIpc) is 2.97. The van der Waals surface area contributed by atoms with Gasteiger partial charge in [-0.15, -0.1) is 0 Å². The maximum Gasteiger partial charge on any atom is 0.267 e. The maximum atomic E-state index is 13.3. The molecule has 154 valence electrons. The van der Waals surface area contributed by atoms with Gasteiger partial charge in [0.05, 0.1) is 23.1 Å². The molecular weight excluding hydrogens is 408 g/mol. The summed E-state index contributed by atoms with van der Waals surface area (Å²) < 4.78 is 1.96. The molecule has 1 amide bonds. The van der Waals surface area contributed by atoms with Gasteiger partial charge in [-0.25, -0.2) is 4.98 Å². The minimum Gasteiger partial charge on any atom is -0.394 e. The third kappa shape index (κ3) is 4.22. The van der Waals surface area contributed by atoms with E-state index >= 15 is 0 Å². The molecule has 0 spiro atoms. The SMILES string of the molecule is CCCN1C(=O)/C(=C\c2c(N[C@H](CC)CO)nc3c(C)cccn3c2=O)SC1=S. The number of aromatic nitrogens is 2. The van der Waals surface area contributed by atoms with Gasteiger partial charge in [-0.3, -0.25) is 18.9 Å². The van der Waals surface area contributed by atoms with Gasteiger partial charge < -0.3 is 10.4 Å². The number of carbonyl (C=O) groups is 1. The Hall–Kier alpha value is -2.23. The van der Waals surface area contributed by atoms with Crippen LogP contribution in [0.5, 0.6) is 0 Å². The van der Waals surface area contributed by atoms with Crippen molar-refractivity contribution in [1.29, 1.82) is 0 Å². The summed E-state index contributed by atoms with van der Waals surface area (Å²) >= 11 is 6.51. The fourth-order valence-electron chi connectivity index (χ4n) is 3.07. The monoisotopic (exact) mass is 432 g/mol. The van der Waals surface area contributed by atoms with Crippen LogP contribution in [0, 0.1) is 6.92 Å². The zero-order chi connectivity index (χ0) is 21.1. The van der Waals surface area contributed by atoms with Crippen molar-refractivity contribution in [3.63, 3.8) is 0 Å². The molecule has 2 aromatic heterocycles. The van der Waals surface area contributed by atoms with Crippen LogP contribution in [0.3, 0.4) is 0 Å². The summed E-state index contributed by atoms with van der Waals surface area (Å²) in [5.41, 5.74) is 1.38. The molecule has 1 aliphatic heterocycles. The first-order valence-corrected chi connectivity index (χ1v) is 10.8. The van der Waals surface area contributed by atoms with Gasteiger partial charge in [0, 0.05) is 12.7 Å². The zero-order valence-corrected chi connectivity index (χ0v) is 18.3. The van der Waals surface area contributed by atoms with Crippen LogP contribution in [0.4, 0.5) is 5.82 Å². The molecule has 0 bridgehead atoms. The smallest absolute Gasteiger partial charge is 0.267 e. The van der Waals surface area contributed by atoms with Crippen molar-refractivity contribution in [2.75, 3.05) is 18.5 Å². The second kappa shape index (κ2) is 9.06. The van der Waals surface area contributed by atoms with E-state index in [-0.39, 0.29) is 29.7 Å². The first kappa shape index (κ1) is 21.5. The van der Waals surface area contributed by atoms with E-state index in [0.717, 1.165) is 12.0 Å². The van der Waals surface area contributed by atoms with Crippen LogP contribution in [0.2, 0.25) is 0 Å². The number of rotatable bonds is 7. The van der Waals surface area contributed by atoms with Gasteiger partial charge in [-0.2, -0.15) is 0 Å². The number of pyridine rings is 1. The van der Waals surface area contributed by atoms with Gasteiger partial charge in [0.2, 0.25) is 0 Å². The summed E-state index contributed by atoms with van der Waals surface area (Å²) in [6, 6.07) is 3.41. The minimum absolute atomic E-state index is 0.0939. The summed E-state index contributed by atoms with van der Waals surface area (Å²) in [6.45, 7) is 6.24. The number of anilines is 1. The van der Waals surface area contributed by atoms with Crippen molar-refractivity contribution < 1.29 is 9.90 Å². The zero-order valence-electron chi connectivity index (χ0n) is 16.6. The van der Waals surface area contributed by atoms with Gasteiger partial charge in [0.15, 0.2) is 0 Å². The Labute approximate surface area is 178 Å². The number of hydrogen-bond acceptors (Lipinski definition) is 7. The van der Waals surface area contributed by atoms with Crippen molar-refractivity contribution in [2.24, 2.45) is 0 Å². The number of fused-ring (bicyclic) bond motifs is 1. The highest BCUT2D eigenvalue weighted by atomic mass is 32.2. The molecule has 3 heterocycles. The Morgan fingerprint density at radius 2 is 2.14 bits per heavy atom. The maximum absolute atomic E-state index is 13.3. The van der Waals surface area contributed by atoms with Gasteiger partial charge in [-0.1, -0.05) is 43.9 Å². The van der Waals surface area contributed by atoms with Crippen LogP contribution >= 0.6 is 24.0 Å². The second-order valence-electron chi connectivity index (χ2n) is 6.83. The van der Waals surface area contributed by atoms with Gasteiger partial charge >= 0.3 is 0 Å². The van der Waals surface area contributed by atoms with Crippen LogP contribution in [0.1, 0.15) is 37.8 Å². The Morgan fingerprint density at radius 1 is 1.38 bits per heavy atom. The summed E-state index contributed by atoms with van der Waals surface area (Å²) in [5.74, 6) is 0.154. The van der Waals surface area contributed by atoms with Crippen molar-refractivity contribution in [2.45, 2.75) is 39.7 Å².